The second-order valence-corrected chi connectivity index (χ2v) is 6.34. The molecule has 0 aromatic rings. The number of hydrogen-bond donors (Lipinski definition) is 1. The second kappa shape index (κ2) is 9.32. The highest BCUT2D eigenvalue weighted by molar-refractivity contribution is 5.78. The van der Waals surface area contributed by atoms with Gasteiger partial charge in [-0.05, 0) is 11.8 Å². The minimum Gasteiger partial charge on any atom is -0.384 e. The van der Waals surface area contributed by atoms with Gasteiger partial charge < -0.3 is 15.0 Å². The van der Waals surface area contributed by atoms with E-state index >= 15 is 0 Å². The average Bonchev–Trinajstić information content (AvgIpc) is 2.39. The molecule has 1 heterocycles. The Hall–Kier alpha value is -0.650. The van der Waals surface area contributed by atoms with Gasteiger partial charge in [0.1, 0.15) is 0 Å². The van der Waals surface area contributed by atoms with E-state index < -0.39 is 0 Å². The quantitative estimate of drug-likeness (QED) is 0.711. The molecule has 1 N–H and O–H groups in total. The van der Waals surface area contributed by atoms with Crippen LogP contribution in [0, 0.1) is 11.8 Å². The normalized spacial score (nSPS) is 19.2. The maximum Gasteiger partial charge on any atom is 0.234 e. The first-order valence-corrected chi connectivity index (χ1v) is 7.71. The first-order chi connectivity index (χ1) is 9.51. The third-order valence-corrected chi connectivity index (χ3v) is 3.56. The number of carbonyl (C=O) groups is 1. The van der Waals surface area contributed by atoms with Crippen LogP contribution in [0.1, 0.15) is 20.8 Å². The summed E-state index contributed by atoms with van der Waals surface area (Å²) in [4.78, 5) is 16.5. The summed E-state index contributed by atoms with van der Waals surface area (Å²) in [5, 5.41) is 2.98. The summed E-state index contributed by atoms with van der Waals surface area (Å²) in [7, 11) is 1.75. The Morgan fingerprint density at radius 1 is 1.15 bits per heavy atom. The third-order valence-electron chi connectivity index (χ3n) is 3.56. The number of rotatable bonds is 8. The Labute approximate surface area is 123 Å². The molecule has 0 bridgehead atoms. The monoisotopic (exact) mass is 285 g/mol. The number of nitrogens with zero attached hydrogens (tertiary/aromatic N) is 2. The van der Waals surface area contributed by atoms with Gasteiger partial charge in [0.05, 0.1) is 6.54 Å². The number of carbonyl (C=O) groups excluding carboxylic acids is 1. The molecule has 1 unspecified atom stereocenters. The molecule has 118 valence electrons. The van der Waals surface area contributed by atoms with Gasteiger partial charge in [-0.25, -0.2) is 0 Å². The van der Waals surface area contributed by atoms with Crippen molar-refractivity contribution in [3.8, 4) is 0 Å². The number of nitrogens with one attached hydrogen (secondary N) is 1. The Kier molecular flexibility index (Phi) is 8.11. The van der Waals surface area contributed by atoms with Gasteiger partial charge in [-0.2, -0.15) is 0 Å². The predicted molar refractivity (Wildman–Crippen MR) is 81.8 cm³/mol. The van der Waals surface area contributed by atoms with Crippen LogP contribution in [0.25, 0.3) is 0 Å². The van der Waals surface area contributed by atoms with Crippen LogP contribution in [0.4, 0.5) is 0 Å². The maximum absolute atomic E-state index is 11.8. The Balaban J connectivity index is 2.17. The summed E-state index contributed by atoms with van der Waals surface area (Å²) in [6.45, 7) is 13.7. The van der Waals surface area contributed by atoms with E-state index in [1.54, 1.807) is 7.11 Å². The largest absolute Gasteiger partial charge is 0.384 e. The smallest absolute Gasteiger partial charge is 0.234 e. The van der Waals surface area contributed by atoms with Crippen molar-refractivity contribution in [2.45, 2.75) is 20.8 Å². The first kappa shape index (κ1) is 17.4. The fraction of sp³-hybridized carbons (Fsp3) is 0.933. The topological polar surface area (TPSA) is 44.8 Å². The van der Waals surface area contributed by atoms with Crippen molar-refractivity contribution in [2.24, 2.45) is 11.8 Å². The molecule has 0 saturated carbocycles. The highest BCUT2D eigenvalue weighted by atomic mass is 16.5. The molecule has 5 heteroatoms. The van der Waals surface area contributed by atoms with Crippen LogP contribution in [0.5, 0.6) is 0 Å². The molecule has 1 saturated heterocycles. The molecule has 1 atom stereocenters. The van der Waals surface area contributed by atoms with Gasteiger partial charge in [-0.3, -0.25) is 9.69 Å². The van der Waals surface area contributed by atoms with E-state index in [0.29, 0.717) is 18.4 Å². The van der Waals surface area contributed by atoms with Crippen LogP contribution < -0.4 is 5.32 Å². The van der Waals surface area contributed by atoms with Gasteiger partial charge in [0.25, 0.3) is 0 Å². The van der Waals surface area contributed by atoms with Gasteiger partial charge in [0, 0.05) is 53.0 Å². The number of hydrogen-bond acceptors (Lipinski definition) is 4. The van der Waals surface area contributed by atoms with Crippen molar-refractivity contribution in [3.63, 3.8) is 0 Å². The zero-order valence-electron chi connectivity index (χ0n) is 13.5. The van der Waals surface area contributed by atoms with Crippen LogP contribution >= 0.6 is 0 Å². The number of methoxy groups -OCH3 is 1. The van der Waals surface area contributed by atoms with E-state index in [1.165, 1.54) is 0 Å². The molecule has 0 radical (unpaired) electrons. The fourth-order valence-corrected chi connectivity index (χ4v) is 2.48. The third kappa shape index (κ3) is 7.22. The van der Waals surface area contributed by atoms with Gasteiger partial charge in [0.2, 0.25) is 5.91 Å². The molecule has 0 aromatic carbocycles. The fourth-order valence-electron chi connectivity index (χ4n) is 2.48. The Morgan fingerprint density at radius 2 is 1.75 bits per heavy atom. The molecule has 1 amide bonds. The average molecular weight is 285 g/mol. The zero-order chi connectivity index (χ0) is 15.0. The molecule has 0 aliphatic carbocycles. The lowest BCUT2D eigenvalue weighted by atomic mass is 10.1. The summed E-state index contributed by atoms with van der Waals surface area (Å²) in [6.07, 6.45) is 0. The van der Waals surface area contributed by atoms with Crippen LogP contribution in [0.15, 0.2) is 0 Å². The van der Waals surface area contributed by atoms with Gasteiger partial charge in [-0.1, -0.05) is 20.8 Å². The van der Waals surface area contributed by atoms with E-state index in [1.807, 2.05) is 0 Å². The van der Waals surface area contributed by atoms with Gasteiger partial charge in [-0.15, -0.1) is 0 Å². The van der Waals surface area contributed by atoms with Crippen molar-refractivity contribution in [1.82, 2.24) is 15.1 Å². The zero-order valence-corrected chi connectivity index (χ0v) is 13.5. The van der Waals surface area contributed by atoms with Crippen molar-refractivity contribution in [2.75, 3.05) is 59.5 Å². The van der Waals surface area contributed by atoms with E-state index in [9.17, 15) is 4.79 Å². The van der Waals surface area contributed by atoms with E-state index in [2.05, 4.69) is 35.9 Å². The highest BCUT2D eigenvalue weighted by Crippen LogP contribution is 2.06. The molecule has 5 nitrogen and oxygen atoms in total. The first-order valence-electron chi connectivity index (χ1n) is 7.71. The van der Waals surface area contributed by atoms with Crippen molar-refractivity contribution in [3.05, 3.63) is 0 Å². The summed E-state index contributed by atoms with van der Waals surface area (Å²) in [5.74, 6) is 1.24. The molecule has 0 spiro atoms. The molecule has 20 heavy (non-hydrogen) atoms. The minimum atomic E-state index is 0.153. The molecule has 1 rings (SSSR count). The number of piperazine rings is 1. The summed E-state index contributed by atoms with van der Waals surface area (Å²) < 4.78 is 5.18. The predicted octanol–water partition coefficient (Wildman–Crippen LogP) is 0.659. The minimum absolute atomic E-state index is 0.153. The van der Waals surface area contributed by atoms with E-state index in [0.717, 1.165) is 45.9 Å². The van der Waals surface area contributed by atoms with Crippen LogP contribution in [0.2, 0.25) is 0 Å². The van der Waals surface area contributed by atoms with Gasteiger partial charge >= 0.3 is 0 Å². The lowest BCUT2D eigenvalue weighted by molar-refractivity contribution is -0.122. The molecular formula is C15H31N3O2. The second-order valence-electron chi connectivity index (χ2n) is 6.34. The molecule has 1 aliphatic rings. The molecule has 1 aliphatic heterocycles. The lowest BCUT2D eigenvalue weighted by Crippen LogP contribution is -2.50. The molecule has 0 aromatic heterocycles. The van der Waals surface area contributed by atoms with Crippen molar-refractivity contribution in [1.29, 1.82) is 0 Å². The summed E-state index contributed by atoms with van der Waals surface area (Å²) in [5.41, 5.74) is 0. The lowest BCUT2D eigenvalue weighted by Gasteiger charge is -2.35. The van der Waals surface area contributed by atoms with Crippen molar-refractivity contribution < 1.29 is 9.53 Å². The highest BCUT2D eigenvalue weighted by Gasteiger charge is 2.20. The number of ether oxygens (including phenoxy) is 1. The van der Waals surface area contributed by atoms with E-state index in [4.69, 9.17) is 4.74 Å². The summed E-state index contributed by atoms with van der Waals surface area (Å²) >= 11 is 0. The Bertz CT molecular complexity index is 276. The van der Waals surface area contributed by atoms with Crippen LogP contribution in [-0.2, 0) is 9.53 Å². The van der Waals surface area contributed by atoms with Crippen LogP contribution in [0.3, 0.4) is 0 Å². The van der Waals surface area contributed by atoms with Crippen molar-refractivity contribution >= 4 is 5.91 Å². The SMILES string of the molecule is COCC(C)CN1CCN(CC(=O)NCC(C)C)CC1. The standard InChI is InChI=1S/C15H31N3O2/c1-13(2)9-16-15(19)11-18-7-5-17(6-8-18)10-14(3)12-20-4/h13-14H,5-12H2,1-4H3,(H,16,19). The molecule has 1 fully saturated rings. The Morgan fingerprint density at radius 3 is 2.30 bits per heavy atom. The van der Waals surface area contributed by atoms with E-state index in [-0.39, 0.29) is 5.91 Å². The molecular weight excluding hydrogens is 254 g/mol. The maximum atomic E-state index is 11.8. The summed E-state index contributed by atoms with van der Waals surface area (Å²) in [6, 6.07) is 0. The number of amides is 1. The van der Waals surface area contributed by atoms with Gasteiger partial charge in [0.15, 0.2) is 0 Å². The van der Waals surface area contributed by atoms with Crippen LogP contribution in [-0.4, -0.2) is 75.2 Å².